The standard InChI is InChI=1S/C20H20N4O3/c1-13-4-3-5-15(8-13)16-9-17(11-21-10-16)20(25)24-6-7-26-12-18(24)19-22-14(2)27-23-19/h3-5,8-11,18H,6-7,12H2,1-2H3. The van der Waals surface area contributed by atoms with E-state index >= 15 is 0 Å². The van der Waals surface area contributed by atoms with E-state index in [1.54, 1.807) is 24.2 Å². The number of amides is 1. The molecule has 2 aromatic heterocycles. The molecule has 138 valence electrons. The molecule has 3 heterocycles. The zero-order chi connectivity index (χ0) is 18.8. The van der Waals surface area contributed by atoms with Crippen LogP contribution in [0.1, 0.15) is 33.7 Å². The number of nitrogens with zero attached hydrogens (tertiary/aromatic N) is 4. The summed E-state index contributed by atoms with van der Waals surface area (Å²) in [6.45, 7) is 5.05. The Hall–Kier alpha value is -3.06. The van der Waals surface area contributed by atoms with E-state index in [1.807, 2.05) is 31.2 Å². The van der Waals surface area contributed by atoms with E-state index in [0.717, 1.165) is 16.7 Å². The van der Waals surface area contributed by atoms with Crippen LogP contribution in [0.15, 0.2) is 47.2 Å². The molecule has 1 fully saturated rings. The number of carbonyl (C=O) groups excluding carboxylic acids is 1. The third-order valence-electron chi connectivity index (χ3n) is 4.57. The van der Waals surface area contributed by atoms with Crippen molar-refractivity contribution in [1.29, 1.82) is 0 Å². The van der Waals surface area contributed by atoms with E-state index in [9.17, 15) is 4.79 Å². The number of morpholine rings is 1. The normalized spacial score (nSPS) is 17.1. The quantitative estimate of drug-likeness (QED) is 0.711. The fourth-order valence-corrected chi connectivity index (χ4v) is 3.22. The first-order valence-electron chi connectivity index (χ1n) is 8.83. The van der Waals surface area contributed by atoms with E-state index in [-0.39, 0.29) is 11.9 Å². The van der Waals surface area contributed by atoms with Crippen molar-refractivity contribution in [2.75, 3.05) is 19.8 Å². The van der Waals surface area contributed by atoms with Crippen LogP contribution in [-0.2, 0) is 4.74 Å². The van der Waals surface area contributed by atoms with Gasteiger partial charge in [0, 0.05) is 31.4 Å². The largest absolute Gasteiger partial charge is 0.377 e. The van der Waals surface area contributed by atoms with Gasteiger partial charge >= 0.3 is 0 Å². The van der Waals surface area contributed by atoms with Crippen LogP contribution in [0.4, 0.5) is 0 Å². The van der Waals surface area contributed by atoms with Crippen molar-refractivity contribution in [2.24, 2.45) is 0 Å². The number of hydrogen-bond acceptors (Lipinski definition) is 6. The van der Waals surface area contributed by atoms with Crippen LogP contribution < -0.4 is 0 Å². The van der Waals surface area contributed by atoms with Crippen LogP contribution in [0.2, 0.25) is 0 Å². The molecule has 0 radical (unpaired) electrons. The summed E-state index contributed by atoms with van der Waals surface area (Å²) < 4.78 is 10.6. The van der Waals surface area contributed by atoms with Crippen molar-refractivity contribution >= 4 is 5.91 Å². The maximum atomic E-state index is 13.2. The van der Waals surface area contributed by atoms with E-state index in [1.165, 1.54) is 0 Å². The molecule has 0 bridgehead atoms. The Labute approximate surface area is 157 Å². The Morgan fingerprint density at radius 2 is 2.07 bits per heavy atom. The van der Waals surface area contributed by atoms with Crippen molar-refractivity contribution in [2.45, 2.75) is 19.9 Å². The molecular weight excluding hydrogens is 344 g/mol. The topological polar surface area (TPSA) is 81.4 Å². The second kappa shape index (κ2) is 7.28. The van der Waals surface area contributed by atoms with Crippen LogP contribution >= 0.6 is 0 Å². The predicted molar refractivity (Wildman–Crippen MR) is 98.0 cm³/mol. The number of hydrogen-bond donors (Lipinski definition) is 0. The van der Waals surface area contributed by atoms with Gasteiger partial charge in [0.25, 0.3) is 5.91 Å². The highest BCUT2D eigenvalue weighted by Crippen LogP contribution is 2.26. The van der Waals surface area contributed by atoms with Gasteiger partial charge in [0.15, 0.2) is 5.82 Å². The molecule has 0 N–H and O–H groups in total. The molecule has 1 aliphatic heterocycles. The van der Waals surface area contributed by atoms with Gasteiger partial charge in [-0.25, -0.2) is 0 Å². The number of carbonyl (C=O) groups is 1. The van der Waals surface area contributed by atoms with Gasteiger partial charge in [-0.2, -0.15) is 4.98 Å². The van der Waals surface area contributed by atoms with Gasteiger partial charge in [-0.1, -0.05) is 35.0 Å². The Balaban J connectivity index is 1.64. The monoisotopic (exact) mass is 364 g/mol. The minimum atomic E-state index is -0.369. The summed E-state index contributed by atoms with van der Waals surface area (Å²) in [5.74, 6) is 0.808. The SMILES string of the molecule is Cc1cccc(-c2cncc(C(=O)N3CCOCC3c3noc(C)n3)c2)c1. The van der Waals surface area contributed by atoms with Crippen LogP contribution in [0.5, 0.6) is 0 Å². The molecule has 7 nitrogen and oxygen atoms in total. The molecule has 1 saturated heterocycles. The van der Waals surface area contributed by atoms with E-state index in [2.05, 4.69) is 21.2 Å². The molecule has 7 heteroatoms. The molecule has 4 rings (SSSR count). The maximum Gasteiger partial charge on any atom is 0.256 e. The molecule has 3 aromatic rings. The van der Waals surface area contributed by atoms with Crippen molar-refractivity contribution in [1.82, 2.24) is 20.0 Å². The fourth-order valence-electron chi connectivity index (χ4n) is 3.22. The number of ether oxygens (including phenoxy) is 1. The van der Waals surface area contributed by atoms with Gasteiger partial charge in [-0.3, -0.25) is 9.78 Å². The smallest absolute Gasteiger partial charge is 0.256 e. The number of aryl methyl sites for hydroxylation is 2. The maximum absolute atomic E-state index is 13.2. The lowest BCUT2D eigenvalue weighted by atomic mass is 10.0. The zero-order valence-corrected chi connectivity index (χ0v) is 15.3. The third-order valence-corrected chi connectivity index (χ3v) is 4.57. The minimum absolute atomic E-state index is 0.118. The van der Waals surface area contributed by atoms with Gasteiger partial charge in [0.05, 0.1) is 18.8 Å². The van der Waals surface area contributed by atoms with Gasteiger partial charge in [-0.05, 0) is 18.6 Å². The lowest BCUT2D eigenvalue weighted by molar-refractivity contribution is -0.00578. The number of rotatable bonds is 3. The Bertz CT molecular complexity index is 969. The summed E-state index contributed by atoms with van der Waals surface area (Å²) in [6.07, 6.45) is 3.36. The second-order valence-electron chi connectivity index (χ2n) is 6.59. The molecule has 1 aliphatic rings. The molecular formula is C20H20N4O3. The van der Waals surface area contributed by atoms with Gasteiger partial charge in [-0.15, -0.1) is 0 Å². The summed E-state index contributed by atoms with van der Waals surface area (Å²) in [6, 6.07) is 9.62. The van der Waals surface area contributed by atoms with E-state index < -0.39 is 0 Å². The molecule has 1 atom stereocenters. The highest BCUT2D eigenvalue weighted by Gasteiger charge is 2.32. The first-order valence-corrected chi connectivity index (χ1v) is 8.83. The van der Waals surface area contributed by atoms with Crippen molar-refractivity contribution in [3.63, 3.8) is 0 Å². The Kier molecular flexibility index (Phi) is 4.68. The zero-order valence-electron chi connectivity index (χ0n) is 15.3. The van der Waals surface area contributed by atoms with Crippen molar-refractivity contribution < 1.29 is 14.1 Å². The van der Waals surface area contributed by atoms with Crippen LogP contribution in [0.3, 0.4) is 0 Å². The molecule has 0 spiro atoms. The Morgan fingerprint density at radius 1 is 1.19 bits per heavy atom. The summed E-state index contributed by atoms with van der Waals surface area (Å²) in [7, 11) is 0. The number of benzene rings is 1. The average Bonchev–Trinajstić information content (AvgIpc) is 3.14. The lowest BCUT2D eigenvalue weighted by Crippen LogP contribution is -2.43. The molecule has 0 saturated carbocycles. The lowest BCUT2D eigenvalue weighted by Gasteiger charge is -2.33. The third kappa shape index (κ3) is 3.59. The van der Waals surface area contributed by atoms with Crippen molar-refractivity contribution in [3.05, 3.63) is 65.6 Å². The molecule has 1 amide bonds. The summed E-state index contributed by atoms with van der Waals surface area (Å²) in [5, 5.41) is 3.96. The number of aromatic nitrogens is 3. The number of pyridine rings is 1. The summed E-state index contributed by atoms with van der Waals surface area (Å²) in [5.41, 5.74) is 3.63. The molecule has 1 aromatic carbocycles. The molecule has 0 aliphatic carbocycles. The van der Waals surface area contributed by atoms with Crippen LogP contribution in [0, 0.1) is 13.8 Å². The van der Waals surface area contributed by atoms with Gasteiger partial charge < -0.3 is 14.2 Å². The van der Waals surface area contributed by atoms with E-state index in [4.69, 9.17) is 9.26 Å². The first-order chi connectivity index (χ1) is 13.1. The highest BCUT2D eigenvalue weighted by molar-refractivity contribution is 5.95. The summed E-state index contributed by atoms with van der Waals surface area (Å²) >= 11 is 0. The highest BCUT2D eigenvalue weighted by atomic mass is 16.5. The second-order valence-corrected chi connectivity index (χ2v) is 6.59. The fraction of sp³-hybridized carbons (Fsp3) is 0.300. The Morgan fingerprint density at radius 3 is 2.85 bits per heavy atom. The molecule has 27 heavy (non-hydrogen) atoms. The van der Waals surface area contributed by atoms with E-state index in [0.29, 0.717) is 37.0 Å². The van der Waals surface area contributed by atoms with Crippen LogP contribution in [-0.4, -0.2) is 45.7 Å². The van der Waals surface area contributed by atoms with Gasteiger partial charge in [0.2, 0.25) is 5.89 Å². The average molecular weight is 364 g/mol. The van der Waals surface area contributed by atoms with Gasteiger partial charge in [0.1, 0.15) is 6.04 Å². The van der Waals surface area contributed by atoms with Crippen LogP contribution in [0.25, 0.3) is 11.1 Å². The minimum Gasteiger partial charge on any atom is -0.377 e. The summed E-state index contributed by atoms with van der Waals surface area (Å²) in [4.78, 5) is 23.5. The molecule has 1 unspecified atom stereocenters. The van der Waals surface area contributed by atoms with Crippen molar-refractivity contribution in [3.8, 4) is 11.1 Å². The first kappa shape index (κ1) is 17.4. The predicted octanol–water partition coefficient (Wildman–Crippen LogP) is 2.96.